The van der Waals surface area contributed by atoms with Crippen molar-refractivity contribution in [3.63, 3.8) is 0 Å². The predicted molar refractivity (Wildman–Crippen MR) is 86.6 cm³/mol. The summed E-state index contributed by atoms with van der Waals surface area (Å²) in [5.74, 6) is 1.55. The molecule has 1 aliphatic heterocycles. The van der Waals surface area contributed by atoms with Crippen LogP contribution in [0.3, 0.4) is 0 Å². The Morgan fingerprint density at radius 2 is 1.73 bits per heavy atom. The molecule has 0 aliphatic carbocycles. The maximum Gasteiger partial charge on any atom is 0.130 e. The first-order valence-electron chi connectivity index (χ1n) is 7.18. The molecule has 0 amide bonds. The van der Waals surface area contributed by atoms with Crippen molar-refractivity contribution in [1.29, 1.82) is 0 Å². The summed E-state index contributed by atoms with van der Waals surface area (Å²) in [5.41, 5.74) is 7.14. The smallest absolute Gasteiger partial charge is 0.130 e. The van der Waals surface area contributed by atoms with Crippen LogP contribution in [0.5, 0.6) is 11.5 Å². The van der Waals surface area contributed by atoms with Gasteiger partial charge < -0.3 is 9.47 Å². The summed E-state index contributed by atoms with van der Waals surface area (Å²) in [5, 5.41) is 0. The van der Waals surface area contributed by atoms with E-state index in [1.807, 2.05) is 37.3 Å². The topological polar surface area (TPSA) is 39.7 Å². The fourth-order valence-corrected chi connectivity index (χ4v) is 2.58. The van der Waals surface area contributed by atoms with E-state index in [-0.39, 0.29) is 6.10 Å². The maximum absolute atomic E-state index is 5.53. The molecule has 0 bridgehead atoms. The molecular weight excluding hydrogens is 278 g/mol. The first-order valence-corrected chi connectivity index (χ1v) is 7.18. The summed E-state index contributed by atoms with van der Waals surface area (Å²) in [6, 6.07) is 14.0. The van der Waals surface area contributed by atoms with Crippen LogP contribution >= 0.6 is 0 Å². The van der Waals surface area contributed by atoms with E-state index >= 15 is 0 Å². The number of ether oxygens (including phenoxy) is 2. The van der Waals surface area contributed by atoms with Crippen LogP contribution in [0.15, 0.2) is 48.5 Å². The van der Waals surface area contributed by atoms with Crippen molar-refractivity contribution in [3.05, 3.63) is 54.1 Å². The summed E-state index contributed by atoms with van der Waals surface area (Å²) in [4.78, 5) is 5.41. The normalized spacial score (nSPS) is 16.9. The summed E-state index contributed by atoms with van der Waals surface area (Å²) < 4.78 is 10.8. The molecule has 2 aromatic rings. The summed E-state index contributed by atoms with van der Waals surface area (Å²) in [6.07, 6.45) is 2.12. The Hall–Kier alpha value is -2.46. The number of nitrogens with one attached hydrogen (secondary N) is 1. The molecule has 3 rings (SSSR count). The van der Waals surface area contributed by atoms with Crippen molar-refractivity contribution in [2.75, 3.05) is 14.2 Å². The van der Waals surface area contributed by atoms with E-state index in [0.717, 1.165) is 33.9 Å². The highest BCUT2D eigenvalue weighted by Crippen LogP contribution is 2.37. The van der Waals surface area contributed by atoms with E-state index in [9.17, 15) is 0 Å². The van der Waals surface area contributed by atoms with E-state index in [1.54, 1.807) is 14.2 Å². The molecule has 4 heteroatoms. The molecule has 1 unspecified atom stereocenters. The van der Waals surface area contributed by atoms with Crippen LogP contribution in [0.2, 0.25) is 0 Å². The Balaban J connectivity index is 2.11. The van der Waals surface area contributed by atoms with Crippen molar-refractivity contribution in [2.45, 2.75) is 13.0 Å². The molecule has 2 aromatic carbocycles. The summed E-state index contributed by atoms with van der Waals surface area (Å²) in [7, 11) is 3.31. The Morgan fingerprint density at radius 3 is 2.36 bits per heavy atom. The molecule has 22 heavy (non-hydrogen) atoms. The highest BCUT2D eigenvalue weighted by molar-refractivity contribution is 5.84. The van der Waals surface area contributed by atoms with E-state index in [0.29, 0.717) is 0 Å². The second-order valence-corrected chi connectivity index (χ2v) is 5.12. The van der Waals surface area contributed by atoms with Gasteiger partial charge in [0, 0.05) is 17.2 Å². The van der Waals surface area contributed by atoms with E-state index in [1.165, 1.54) is 0 Å². The standard InChI is InChI=1S/C18H19NO3/c1-12-10-17(19-22-12)15-7-5-4-6-14(15)16-9-8-13(20-2)11-18(16)21-3/h4-12,19H,1-3H3. The molecule has 114 valence electrons. The molecule has 4 nitrogen and oxygen atoms in total. The molecule has 0 saturated carbocycles. The molecule has 0 saturated heterocycles. The van der Waals surface area contributed by atoms with Gasteiger partial charge in [0.25, 0.3) is 0 Å². The zero-order valence-corrected chi connectivity index (χ0v) is 12.9. The summed E-state index contributed by atoms with van der Waals surface area (Å²) in [6.45, 7) is 2.00. The molecule has 0 aromatic heterocycles. The van der Waals surface area contributed by atoms with Gasteiger partial charge >= 0.3 is 0 Å². The van der Waals surface area contributed by atoms with E-state index in [2.05, 4.69) is 23.7 Å². The van der Waals surface area contributed by atoms with Crippen LogP contribution in [-0.4, -0.2) is 20.3 Å². The van der Waals surface area contributed by atoms with Crippen molar-refractivity contribution < 1.29 is 14.3 Å². The molecule has 0 spiro atoms. The van der Waals surface area contributed by atoms with Crippen LogP contribution in [-0.2, 0) is 4.84 Å². The zero-order chi connectivity index (χ0) is 15.5. The van der Waals surface area contributed by atoms with Crippen molar-refractivity contribution in [2.24, 2.45) is 0 Å². The fourth-order valence-electron chi connectivity index (χ4n) is 2.58. The first kappa shape index (κ1) is 14.5. The molecule has 1 heterocycles. The van der Waals surface area contributed by atoms with Crippen LogP contribution < -0.4 is 15.0 Å². The third kappa shape index (κ3) is 2.65. The summed E-state index contributed by atoms with van der Waals surface area (Å²) >= 11 is 0. The van der Waals surface area contributed by atoms with Crippen LogP contribution in [0, 0.1) is 0 Å². The second kappa shape index (κ2) is 6.12. The third-order valence-electron chi connectivity index (χ3n) is 3.67. The Kier molecular flexibility index (Phi) is 4.02. The van der Waals surface area contributed by atoms with Gasteiger partial charge in [0.05, 0.1) is 19.9 Å². The van der Waals surface area contributed by atoms with Crippen molar-refractivity contribution in [3.8, 4) is 22.6 Å². The lowest BCUT2D eigenvalue weighted by Crippen LogP contribution is -2.09. The van der Waals surface area contributed by atoms with Gasteiger partial charge in [0.2, 0.25) is 0 Å². The van der Waals surface area contributed by atoms with Gasteiger partial charge in [-0.3, -0.25) is 10.3 Å². The number of hydrogen-bond donors (Lipinski definition) is 1. The maximum atomic E-state index is 5.53. The second-order valence-electron chi connectivity index (χ2n) is 5.12. The molecular formula is C18H19NO3. The SMILES string of the molecule is COc1ccc(-c2ccccc2C2=CC(C)ON2)c(OC)c1. The minimum atomic E-state index is 0.0563. The van der Waals surface area contributed by atoms with Gasteiger partial charge in [-0.2, -0.15) is 0 Å². The van der Waals surface area contributed by atoms with Crippen LogP contribution in [0.1, 0.15) is 12.5 Å². The molecule has 0 fully saturated rings. The average molecular weight is 297 g/mol. The number of rotatable bonds is 4. The highest BCUT2D eigenvalue weighted by atomic mass is 16.7. The fraction of sp³-hybridized carbons (Fsp3) is 0.222. The Bertz CT molecular complexity index is 709. The monoisotopic (exact) mass is 297 g/mol. The quantitative estimate of drug-likeness (QED) is 0.935. The minimum Gasteiger partial charge on any atom is -0.497 e. The zero-order valence-electron chi connectivity index (χ0n) is 12.9. The number of methoxy groups -OCH3 is 2. The van der Waals surface area contributed by atoms with E-state index < -0.39 is 0 Å². The van der Waals surface area contributed by atoms with Gasteiger partial charge in [-0.15, -0.1) is 0 Å². The van der Waals surface area contributed by atoms with Gasteiger partial charge in [0.15, 0.2) is 0 Å². The highest BCUT2D eigenvalue weighted by Gasteiger charge is 2.18. The Morgan fingerprint density at radius 1 is 0.955 bits per heavy atom. The van der Waals surface area contributed by atoms with Crippen molar-refractivity contribution >= 4 is 5.70 Å². The van der Waals surface area contributed by atoms with Gasteiger partial charge in [-0.25, -0.2) is 0 Å². The number of hydroxylamine groups is 1. The van der Waals surface area contributed by atoms with E-state index in [4.69, 9.17) is 14.3 Å². The lowest BCUT2D eigenvalue weighted by molar-refractivity contribution is 0.0625. The molecule has 0 radical (unpaired) electrons. The van der Waals surface area contributed by atoms with Gasteiger partial charge in [-0.05, 0) is 30.7 Å². The van der Waals surface area contributed by atoms with Gasteiger partial charge in [0.1, 0.15) is 17.6 Å². The average Bonchev–Trinajstić information content (AvgIpc) is 3.00. The lowest BCUT2D eigenvalue weighted by atomic mass is 9.96. The Labute approximate surface area is 130 Å². The van der Waals surface area contributed by atoms with Crippen LogP contribution in [0.4, 0.5) is 0 Å². The molecule has 1 N–H and O–H groups in total. The minimum absolute atomic E-state index is 0.0563. The lowest BCUT2D eigenvalue weighted by Gasteiger charge is -2.14. The predicted octanol–water partition coefficient (Wildman–Crippen LogP) is 3.64. The molecule has 1 atom stereocenters. The van der Waals surface area contributed by atoms with Crippen molar-refractivity contribution in [1.82, 2.24) is 5.48 Å². The molecule has 1 aliphatic rings. The largest absolute Gasteiger partial charge is 0.497 e. The van der Waals surface area contributed by atoms with Gasteiger partial charge in [-0.1, -0.05) is 24.3 Å². The number of hydrogen-bond acceptors (Lipinski definition) is 4. The number of benzene rings is 2. The third-order valence-corrected chi connectivity index (χ3v) is 3.67. The first-order chi connectivity index (χ1) is 10.7. The van der Waals surface area contributed by atoms with Crippen LogP contribution in [0.25, 0.3) is 16.8 Å².